The number of nitrogens with zero attached hydrogens (tertiary/aromatic N) is 3. The maximum atomic E-state index is 13.1. The van der Waals surface area contributed by atoms with Gasteiger partial charge in [-0.05, 0) is 43.2 Å². The van der Waals surface area contributed by atoms with E-state index in [0.29, 0.717) is 5.56 Å². The van der Waals surface area contributed by atoms with E-state index >= 15 is 0 Å². The Morgan fingerprint density at radius 2 is 1.85 bits per heavy atom. The van der Waals surface area contributed by atoms with Crippen molar-refractivity contribution in [1.29, 1.82) is 0 Å². The molecule has 2 aromatic rings. The molecule has 142 valence electrons. The first-order valence-corrected chi connectivity index (χ1v) is 9.22. The van der Waals surface area contributed by atoms with Crippen LogP contribution in [0.25, 0.3) is 0 Å². The molecule has 27 heavy (non-hydrogen) atoms. The first-order chi connectivity index (χ1) is 13.0. The van der Waals surface area contributed by atoms with Crippen LogP contribution in [0.1, 0.15) is 23.2 Å². The Balaban J connectivity index is 1.31. The number of pyridine rings is 1. The lowest BCUT2D eigenvalue weighted by Crippen LogP contribution is -2.52. The number of amides is 1. The molecule has 2 N–H and O–H groups in total. The van der Waals surface area contributed by atoms with Gasteiger partial charge in [-0.2, -0.15) is 0 Å². The van der Waals surface area contributed by atoms with Gasteiger partial charge in [0.05, 0.1) is 17.3 Å². The van der Waals surface area contributed by atoms with Crippen LogP contribution in [0.4, 0.5) is 10.1 Å². The lowest BCUT2D eigenvalue weighted by Gasteiger charge is -2.38. The van der Waals surface area contributed by atoms with Crippen molar-refractivity contribution in [2.24, 2.45) is 0 Å². The summed E-state index contributed by atoms with van der Waals surface area (Å²) in [6.07, 6.45) is 4.70. The second-order valence-corrected chi connectivity index (χ2v) is 7.41. The van der Waals surface area contributed by atoms with Crippen molar-refractivity contribution in [2.75, 3.05) is 37.6 Å². The number of nitrogens with one attached hydrogen (secondary N) is 1. The number of hydrogen-bond donors (Lipinski definition) is 2. The van der Waals surface area contributed by atoms with Crippen molar-refractivity contribution >= 4 is 11.6 Å². The molecule has 0 radical (unpaired) electrons. The van der Waals surface area contributed by atoms with Gasteiger partial charge in [0, 0.05) is 44.6 Å². The van der Waals surface area contributed by atoms with E-state index in [9.17, 15) is 14.3 Å². The minimum Gasteiger partial charge on any atom is -0.506 e. The smallest absolute Gasteiger partial charge is 0.253 e. The highest BCUT2D eigenvalue weighted by atomic mass is 19.1. The number of hydrogen-bond acceptors (Lipinski definition) is 5. The zero-order chi connectivity index (χ0) is 18.9. The summed E-state index contributed by atoms with van der Waals surface area (Å²) in [5, 5.41) is 12.6. The lowest BCUT2D eigenvalue weighted by atomic mass is 10.1. The standard InChI is InChI=1S/C20H23FN4O2/c21-16-1-3-17(4-2-16)25-9-7-24(8-10-25)14-20(5-6-20)23-19(27)15-11-18(26)13-22-12-15/h1-4,11-13,26H,5-10,14H2,(H,23,27). The first kappa shape index (κ1) is 17.7. The van der Waals surface area contributed by atoms with Gasteiger partial charge >= 0.3 is 0 Å². The molecule has 0 atom stereocenters. The molecule has 0 bridgehead atoms. The molecule has 6 nitrogen and oxygen atoms in total. The summed E-state index contributed by atoms with van der Waals surface area (Å²) in [5.41, 5.74) is 1.24. The van der Waals surface area contributed by atoms with Crippen LogP contribution in [-0.2, 0) is 0 Å². The van der Waals surface area contributed by atoms with Crippen molar-refractivity contribution < 1.29 is 14.3 Å². The van der Waals surface area contributed by atoms with Crippen LogP contribution in [0.5, 0.6) is 5.75 Å². The van der Waals surface area contributed by atoms with Crippen LogP contribution in [0.15, 0.2) is 42.7 Å². The Bertz CT molecular complexity index is 815. The Labute approximate surface area is 157 Å². The number of carbonyl (C=O) groups excluding carboxylic acids is 1. The van der Waals surface area contributed by atoms with Gasteiger partial charge in [-0.1, -0.05) is 0 Å². The summed E-state index contributed by atoms with van der Waals surface area (Å²) in [5.74, 6) is -0.420. The van der Waals surface area contributed by atoms with E-state index in [1.807, 2.05) is 12.1 Å². The van der Waals surface area contributed by atoms with Gasteiger partial charge in [0.2, 0.25) is 0 Å². The molecule has 2 fully saturated rings. The number of anilines is 1. The summed E-state index contributed by atoms with van der Waals surface area (Å²) in [6.45, 7) is 4.39. The average Bonchev–Trinajstić information content (AvgIpc) is 3.42. The van der Waals surface area contributed by atoms with E-state index in [2.05, 4.69) is 20.1 Å². The molecule has 1 saturated heterocycles. The van der Waals surface area contributed by atoms with Crippen molar-refractivity contribution in [3.05, 3.63) is 54.1 Å². The van der Waals surface area contributed by atoms with Gasteiger partial charge in [-0.15, -0.1) is 0 Å². The molecule has 4 rings (SSSR count). The maximum Gasteiger partial charge on any atom is 0.253 e. The molecule has 1 saturated carbocycles. The number of aromatic nitrogens is 1. The third-order valence-corrected chi connectivity index (χ3v) is 5.31. The molecule has 1 aliphatic heterocycles. The summed E-state index contributed by atoms with van der Waals surface area (Å²) < 4.78 is 13.1. The van der Waals surface area contributed by atoms with Crippen LogP contribution in [0.3, 0.4) is 0 Å². The van der Waals surface area contributed by atoms with Gasteiger partial charge in [0.15, 0.2) is 0 Å². The second-order valence-electron chi connectivity index (χ2n) is 7.41. The Morgan fingerprint density at radius 1 is 1.15 bits per heavy atom. The Hall–Kier alpha value is -2.67. The highest BCUT2D eigenvalue weighted by Crippen LogP contribution is 2.37. The number of benzene rings is 1. The van der Waals surface area contributed by atoms with Crippen LogP contribution in [0.2, 0.25) is 0 Å². The zero-order valence-electron chi connectivity index (χ0n) is 15.1. The first-order valence-electron chi connectivity index (χ1n) is 9.22. The molecule has 2 aliphatic rings. The molecule has 1 amide bonds. The van der Waals surface area contributed by atoms with E-state index in [0.717, 1.165) is 51.3 Å². The van der Waals surface area contributed by atoms with Gasteiger partial charge in [-0.25, -0.2) is 4.39 Å². The Kier molecular flexibility index (Phi) is 4.70. The topological polar surface area (TPSA) is 68.7 Å². The molecule has 0 unspecified atom stereocenters. The Morgan fingerprint density at radius 3 is 2.48 bits per heavy atom. The van der Waals surface area contributed by atoms with E-state index in [4.69, 9.17) is 0 Å². The van der Waals surface area contributed by atoms with Crippen molar-refractivity contribution in [2.45, 2.75) is 18.4 Å². The third-order valence-electron chi connectivity index (χ3n) is 5.31. The molecule has 1 aromatic heterocycles. The van der Waals surface area contributed by atoms with Crippen LogP contribution < -0.4 is 10.2 Å². The fourth-order valence-electron chi connectivity index (χ4n) is 3.58. The second kappa shape index (κ2) is 7.15. The lowest BCUT2D eigenvalue weighted by molar-refractivity contribution is 0.0914. The minimum atomic E-state index is -0.217. The molecular formula is C20H23FN4O2. The summed E-state index contributed by atoms with van der Waals surface area (Å²) in [6, 6.07) is 8.05. The third kappa shape index (κ3) is 4.19. The average molecular weight is 370 g/mol. The number of aromatic hydroxyl groups is 1. The monoisotopic (exact) mass is 370 g/mol. The van der Waals surface area contributed by atoms with Crippen molar-refractivity contribution in [3.63, 3.8) is 0 Å². The van der Waals surface area contributed by atoms with Crippen molar-refractivity contribution in [3.8, 4) is 5.75 Å². The van der Waals surface area contributed by atoms with Gasteiger partial charge in [0.25, 0.3) is 5.91 Å². The molecule has 1 aliphatic carbocycles. The van der Waals surface area contributed by atoms with E-state index in [1.165, 1.54) is 30.6 Å². The SMILES string of the molecule is O=C(NC1(CN2CCN(c3ccc(F)cc3)CC2)CC1)c1cncc(O)c1. The van der Waals surface area contributed by atoms with Gasteiger partial charge in [0.1, 0.15) is 11.6 Å². The summed E-state index contributed by atoms with van der Waals surface area (Å²) in [7, 11) is 0. The molecular weight excluding hydrogens is 347 g/mol. The quantitative estimate of drug-likeness (QED) is 0.843. The zero-order valence-corrected chi connectivity index (χ0v) is 15.1. The van der Waals surface area contributed by atoms with Crippen LogP contribution in [0, 0.1) is 5.82 Å². The maximum absolute atomic E-state index is 13.1. The van der Waals surface area contributed by atoms with E-state index < -0.39 is 0 Å². The number of rotatable bonds is 5. The predicted octanol–water partition coefficient (Wildman–Crippen LogP) is 2.01. The number of carbonyl (C=O) groups is 1. The minimum absolute atomic E-state index is 0.00980. The van der Waals surface area contributed by atoms with Crippen LogP contribution >= 0.6 is 0 Å². The fraction of sp³-hybridized carbons (Fsp3) is 0.400. The molecule has 2 heterocycles. The van der Waals surface area contributed by atoms with Crippen LogP contribution in [-0.4, -0.2) is 59.2 Å². The van der Waals surface area contributed by atoms with Gasteiger partial charge < -0.3 is 15.3 Å². The van der Waals surface area contributed by atoms with E-state index in [-0.39, 0.29) is 23.0 Å². The van der Waals surface area contributed by atoms with Crippen molar-refractivity contribution in [1.82, 2.24) is 15.2 Å². The summed E-state index contributed by atoms with van der Waals surface area (Å²) >= 11 is 0. The molecule has 1 aromatic carbocycles. The molecule has 7 heteroatoms. The number of halogens is 1. The highest BCUT2D eigenvalue weighted by molar-refractivity contribution is 5.95. The molecule has 0 spiro atoms. The van der Waals surface area contributed by atoms with E-state index in [1.54, 1.807) is 0 Å². The highest BCUT2D eigenvalue weighted by Gasteiger charge is 2.45. The summed E-state index contributed by atoms with van der Waals surface area (Å²) in [4.78, 5) is 20.9. The fourth-order valence-corrected chi connectivity index (χ4v) is 3.58. The predicted molar refractivity (Wildman–Crippen MR) is 100 cm³/mol. The number of piperazine rings is 1. The largest absolute Gasteiger partial charge is 0.506 e. The van der Waals surface area contributed by atoms with Gasteiger partial charge in [-0.3, -0.25) is 14.7 Å². The normalized spacial score (nSPS) is 18.9.